The minimum absolute atomic E-state index is 0.152. The second kappa shape index (κ2) is 12.5. The molecule has 2 aromatic rings. The van der Waals surface area contributed by atoms with Gasteiger partial charge in [0.25, 0.3) is 0 Å². The number of amides is 1. The van der Waals surface area contributed by atoms with Crippen LogP contribution in [0.25, 0.3) is 0 Å². The van der Waals surface area contributed by atoms with Gasteiger partial charge in [0.05, 0.1) is 26.3 Å². The first-order valence-corrected chi connectivity index (χ1v) is 11.6. The molecule has 0 spiro atoms. The highest BCUT2D eigenvalue weighted by Gasteiger charge is 2.24. The van der Waals surface area contributed by atoms with Crippen LogP contribution in [0.15, 0.2) is 47.6 Å². The molecule has 162 valence electrons. The molecule has 9 heteroatoms. The number of nitrogens with zero attached hydrogens (tertiary/aromatic N) is 1. The quantitative estimate of drug-likeness (QED) is 0.505. The van der Waals surface area contributed by atoms with Crippen LogP contribution < -0.4 is 20.5 Å². The number of methoxy groups -OCH3 is 2. The van der Waals surface area contributed by atoms with E-state index in [0.717, 1.165) is 23.1 Å². The van der Waals surface area contributed by atoms with E-state index in [9.17, 15) is 9.59 Å². The average molecular weight is 450 g/mol. The fourth-order valence-corrected chi connectivity index (χ4v) is 4.02. The van der Waals surface area contributed by atoms with E-state index in [1.807, 2.05) is 18.4 Å². The van der Waals surface area contributed by atoms with Gasteiger partial charge in [0.1, 0.15) is 0 Å². The lowest BCUT2D eigenvalue weighted by atomic mass is 10.1. The topological polar surface area (TPSA) is 104 Å². The maximum absolute atomic E-state index is 12.9. The van der Waals surface area contributed by atoms with Crippen molar-refractivity contribution in [3.63, 3.8) is 0 Å². The third-order valence-electron chi connectivity index (χ3n) is 4.33. The highest BCUT2D eigenvalue weighted by Crippen LogP contribution is 2.32. The maximum Gasteiger partial charge on any atom is 0.237 e. The maximum atomic E-state index is 12.9. The van der Waals surface area contributed by atoms with Crippen molar-refractivity contribution < 1.29 is 19.1 Å². The summed E-state index contributed by atoms with van der Waals surface area (Å²) in [6, 6.07) is 7.52. The smallest absolute Gasteiger partial charge is 0.237 e. The predicted octanol–water partition coefficient (Wildman–Crippen LogP) is 2.53. The Balaban J connectivity index is 2.04. The summed E-state index contributed by atoms with van der Waals surface area (Å²) < 4.78 is 10.5. The second-order valence-electron chi connectivity index (χ2n) is 6.45. The number of nitrogens with one attached hydrogen (secondary N) is 1. The summed E-state index contributed by atoms with van der Waals surface area (Å²) in [5.41, 5.74) is 6.98. The van der Waals surface area contributed by atoms with Crippen LogP contribution in [0.3, 0.4) is 0 Å². The van der Waals surface area contributed by atoms with Gasteiger partial charge in [0, 0.05) is 17.3 Å². The van der Waals surface area contributed by atoms with Crippen LogP contribution in [0.2, 0.25) is 0 Å². The van der Waals surface area contributed by atoms with Gasteiger partial charge in [-0.05, 0) is 72.5 Å². The van der Waals surface area contributed by atoms with Gasteiger partial charge in [-0.15, -0.1) is 0 Å². The number of thioether (sulfide) groups is 2. The normalized spacial score (nSPS) is 12.7. The van der Waals surface area contributed by atoms with Crippen LogP contribution in [0.4, 0.5) is 0 Å². The van der Waals surface area contributed by atoms with Crippen LogP contribution >= 0.6 is 23.5 Å². The van der Waals surface area contributed by atoms with Gasteiger partial charge in [-0.25, -0.2) is 0 Å². The van der Waals surface area contributed by atoms with E-state index in [1.54, 1.807) is 56.6 Å². The SMILES string of the molecule is COc1ccc(SC(=O)[C@@H](CCSC)NC(=O)[C@@H](N)Cc2ccncc2)cc1OC. The summed E-state index contributed by atoms with van der Waals surface area (Å²) >= 11 is 2.68. The zero-order valence-corrected chi connectivity index (χ0v) is 18.9. The molecule has 0 aliphatic rings. The fraction of sp³-hybridized carbons (Fsp3) is 0.381. The van der Waals surface area contributed by atoms with Gasteiger partial charge in [0.15, 0.2) is 11.5 Å². The number of benzene rings is 1. The molecule has 7 nitrogen and oxygen atoms in total. The summed E-state index contributed by atoms with van der Waals surface area (Å²) in [5, 5.41) is 2.67. The Morgan fingerprint density at radius 1 is 1.13 bits per heavy atom. The third kappa shape index (κ3) is 7.23. The summed E-state index contributed by atoms with van der Waals surface area (Å²) in [7, 11) is 3.10. The Morgan fingerprint density at radius 2 is 1.83 bits per heavy atom. The molecule has 2 atom stereocenters. The van der Waals surface area contributed by atoms with E-state index in [2.05, 4.69) is 10.3 Å². The van der Waals surface area contributed by atoms with E-state index in [1.165, 1.54) is 0 Å². The Labute approximate surface area is 185 Å². The molecule has 3 N–H and O–H groups in total. The second-order valence-corrected chi connectivity index (χ2v) is 8.51. The molecule has 0 radical (unpaired) electrons. The molecule has 0 saturated heterocycles. The van der Waals surface area contributed by atoms with Crippen LogP contribution in [-0.4, -0.2) is 54.3 Å². The third-order valence-corrected chi connectivity index (χ3v) is 5.95. The zero-order chi connectivity index (χ0) is 21.9. The Bertz CT molecular complexity index is 836. The lowest BCUT2D eigenvalue weighted by molar-refractivity contribution is -0.125. The molecule has 1 heterocycles. The van der Waals surface area contributed by atoms with E-state index in [4.69, 9.17) is 15.2 Å². The van der Waals surface area contributed by atoms with E-state index in [0.29, 0.717) is 29.2 Å². The van der Waals surface area contributed by atoms with Gasteiger partial charge in [-0.2, -0.15) is 11.8 Å². The molecule has 0 aliphatic carbocycles. The van der Waals surface area contributed by atoms with Crippen LogP contribution in [0.5, 0.6) is 11.5 Å². The number of ether oxygens (including phenoxy) is 2. The van der Waals surface area contributed by atoms with Crippen LogP contribution in [0, 0.1) is 0 Å². The number of carbonyl (C=O) groups is 2. The molecule has 0 aliphatic heterocycles. The number of pyridine rings is 1. The minimum atomic E-state index is -0.747. The van der Waals surface area contributed by atoms with Crippen molar-refractivity contribution in [2.45, 2.75) is 29.8 Å². The van der Waals surface area contributed by atoms with Crippen LogP contribution in [0.1, 0.15) is 12.0 Å². The lowest BCUT2D eigenvalue weighted by Crippen LogP contribution is -2.48. The predicted molar refractivity (Wildman–Crippen MR) is 121 cm³/mol. The van der Waals surface area contributed by atoms with E-state index in [-0.39, 0.29) is 11.0 Å². The van der Waals surface area contributed by atoms with Crippen molar-refractivity contribution in [2.24, 2.45) is 5.73 Å². The fourth-order valence-electron chi connectivity index (χ4n) is 2.70. The zero-order valence-electron chi connectivity index (χ0n) is 17.3. The number of nitrogens with two attached hydrogens (primary N) is 1. The highest BCUT2D eigenvalue weighted by molar-refractivity contribution is 8.13. The van der Waals surface area contributed by atoms with Crippen molar-refractivity contribution in [1.29, 1.82) is 0 Å². The Hall–Kier alpha value is -2.23. The molecule has 0 fully saturated rings. The molecule has 0 bridgehead atoms. The first-order valence-electron chi connectivity index (χ1n) is 9.36. The number of carbonyl (C=O) groups excluding carboxylic acids is 2. The van der Waals surface area contributed by atoms with Crippen molar-refractivity contribution in [3.05, 3.63) is 48.3 Å². The Kier molecular flexibility index (Phi) is 9.99. The summed E-state index contributed by atoms with van der Waals surface area (Å²) in [6.45, 7) is 0. The number of aromatic nitrogens is 1. The molecular weight excluding hydrogens is 422 g/mol. The van der Waals surface area contributed by atoms with Gasteiger partial charge < -0.3 is 20.5 Å². The molecule has 1 amide bonds. The van der Waals surface area contributed by atoms with Gasteiger partial charge in [-0.3, -0.25) is 14.6 Å². The van der Waals surface area contributed by atoms with Crippen molar-refractivity contribution in [2.75, 3.05) is 26.2 Å². The summed E-state index contributed by atoms with van der Waals surface area (Å²) in [5.74, 6) is 1.52. The molecular formula is C21H27N3O4S2. The van der Waals surface area contributed by atoms with Crippen molar-refractivity contribution >= 4 is 34.5 Å². The van der Waals surface area contributed by atoms with Crippen molar-refractivity contribution in [1.82, 2.24) is 10.3 Å². The first kappa shape index (κ1) is 24.0. The molecule has 1 aromatic carbocycles. The molecule has 1 aromatic heterocycles. The van der Waals surface area contributed by atoms with Crippen LogP contribution in [-0.2, 0) is 16.0 Å². The summed E-state index contributed by atoms with van der Waals surface area (Å²) in [4.78, 5) is 30.2. The minimum Gasteiger partial charge on any atom is -0.493 e. The Morgan fingerprint density at radius 3 is 2.47 bits per heavy atom. The molecule has 2 rings (SSSR count). The largest absolute Gasteiger partial charge is 0.493 e. The first-order chi connectivity index (χ1) is 14.5. The van der Waals surface area contributed by atoms with Gasteiger partial charge in [-0.1, -0.05) is 0 Å². The number of hydrogen-bond acceptors (Lipinski definition) is 8. The lowest BCUT2D eigenvalue weighted by Gasteiger charge is -2.20. The molecule has 0 unspecified atom stereocenters. The van der Waals surface area contributed by atoms with Gasteiger partial charge >= 0.3 is 0 Å². The number of rotatable bonds is 11. The van der Waals surface area contributed by atoms with Gasteiger partial charge in [0.2, 0.25) is 11.0 Å². The summed E-state index contributed by atoms with van der Waals surface area (Å²) in [6.07, 6.45) is 6.17. The molecule has 0 saturated carbocycles. The molecule has 30 heavy (non-hydrogen) atoms. The highest BCUT2D eigenvalue weighted by atomic mass is 32.2. The van der Waals surface area contributed by atoms with E-state index >= 15 is 0 Å². The number of hydrogen-bond donors (Lipinski definition) is 2. The van der Waals surface area contributed by atoms with Crippen molar-refractivity contribution in [3.8, 4) is 11.5 Å². The average Bonchev–Trinajstić information content (AvgIpc) is 2.76. The van der Waals surface area contributed by atoms with E-state index < -0.39 is 12.1 Å². The standard InChI is InChI=1S/C21H27N3O4S2/c1-27-18-5-4-15(13-19(18)28-2)30-21(26)17(8-11-29-3)24-20(25)16(22)12-14-6-9-23-10-7-14/h4-7,9-10,13,16-17H,8,11-12,22H2,1-3H3,(H,24,25)/t16-,17+/m0/s1. The monoisotopic (exact) mass is 449 g/mol.